The zero-order valence-corrected chi connectivity index (χ0v) is 11.0. The quantitative estimate of drug-likeness (QED) is 0.582. The molecule has 1 aromatic carbocycles. The van der Waals surface area contributed by atoms with Crippen molar-refractivity contribution in [2.45, 2.75) is 12.5 Å². The predicted octanol–water partition coefficient (Wildman–Crippen LogP) is -1.12. The van der Waals surface area contributed by atoms with Gasteiger partial charge in [-0.1, -0.05) is 30.3 Å². The Labute approximate surface area is 116 Å². The van der Waals surface area contributed by atoms with Gasteiger partial charge in [0.2, 0.25) is 17.7 Å². The second-order valence-electron chi connectivity index (χ2n) is 4.40. The van der Waals surface area contributed by atoms with Crippen molar-refractivity contribution in [3.63, 3.8) is 0 Å². The fraction of sp³-hybridized carbons (Fsp3) is 0.308. The van der Waals surface area contributed by atoms with Crippen molar-refractivity contribution >= 4 is 17.7 Å². The van der Waals surface area contributed by atoms with E-state index in [1.165, 1.54) is 0 Å². The average Bonchev–Trinajstić information content (AvgIpc) is 2.37. The van der Waals surface area contributed by atoms with Crippen LogP contribution in [0.3, 0.4) is 0 Å². The van der Waals surface area contributed by atoms with Gasteiger partial charge in [0, 0.05) is 12.5 Å². The number of rotatable bonds is 7. The lowest BCUT2D eigenvalue weighted by molar-refractivity contribution is -0.138. The van der Waals surface area contributed by atoms with E-state index in [1.807, 2.05) is 18.2 Å². The maximum absolute atomic E-state index is 12.0. The lowest BCUT2D eigenvalue weighted by Crippen LogP contribution is -2.44. The molecule has 20 heavy (non-hydrogen) atoms. The van der Waals surface area contributed by atoms with Gasteiger partial charge >= 0.3 is 0 Å². The van der Waals surface area contributed by atoms with Crippen LogP contribution >= 0.6 is 0 Å². The van der Waals surface area contributed by atoms with Gasteiger partial charge in [-0.25, -0.2) is 0 Å². The second kappa shape index (κ2) is 7.25. The number of nitrogens with zero attached hydrogens (tertiary/aromatic N) is 1. The summed E-state index contributed by atoms with van der Waals surface area (Å²) in [5.74, 6) is -1.88. The summed E-state index contributed by atoms with van der Waals surface area (Å²) in [5, 5.41) is 0. The highest BCUT2D eigenvalue weighted by atomic mass is 16.2. The third-order valence-corrected chi connectivity index (χ3v) is 2.67. The lowest BCUT2D eigenvalue weighted by Gasteiger charge is -2.21. The molecule has 0 aliphatic carbocycles. The van der Waals surface area contributed by atoms with E-state index in [2.05, 4.69) is 0 Å². The smallest absolute Gasteiger partial charge is 0.237 e. The number of nitrogens with two attached hydrogens (primary N) is 3. The highest BCUT2D eigenvalue weighted by molar-refractivity contribution is 5.88. The number of hydrogen-bond donors (Lipinski definition) is 3. The molecule has 1 aromatic rings. The molecule has 0 heterocycles. The van der Waals surface area contributed by atoms with E-state index in [9.17, 15) is 14.4 Å². The van der Waals surface area contributed by atoms with E-state index in [1.54, 1.807) is 12.1 Å². The first-order valence-corrected chi connectivity index (χ1v) is 6.05. The van der Waals surface area contributed by atoms with Crippen LogP contribution in [0.1, 0.15) is 18.0 Å². The van der Waals surface area contributed by atoms with Crippen molar-refractivity contribution in [1.29, 1.82) is 0 Å². The molecule has 0 spiro atoms. The molecule has 108 valence electrons. The van der Waals surface area contributed by atoms with Crippen LogP contribution in [0.15, 0.2) is 30.3 Å². The number of carbonyl (C=O) groups excluding carboxylic acids is 3. The van der Waals surface area contributed by atoms with Crippen molar-refractivity contribution in [2.24, 2.45) is 17.2 Å². The van der Waals surface area contributed by atoms with Gasteiger partial charge in [-0.3, -0.25) is 14.4 Å². The van der Waals surface area contributed by atoms with Crippen LogP contribution in [0.4, 0.5) is 0 Å². The third kappa shape index (κ3) is 5.07. The highest BCUT2D eigenvalue weighted by Crippen LogP contribution is 2.14. The standard InChI is InChI=1S/C13H18N4O3/c14-10(9-4-2-1-3-5-9)6-13(20)17(7-11(15)18)8-12(16)19/h1-5,10H,6-8,14H2,(H2,15,18)(H2,16,19). The molecule has 0 saturated heterocycles. The average molecular weight is 278 g/mol. The van der Waals surface area contributed by atoms with E-state index < -0.39 is 23.8 Å². The van der Waals surface area contributed by atoms with Crippen LogP contribution in [0.25, 0.3) is 0 Å². The maximum Gasteiger partial charge on any atom is 0.237 e. The normalized spacial score (nSPS) is 11.7. The molecule has 0 aliphatic rings. The summed E-state index contributed by atoms with van der Waals surface area (Å²) in [6.07, 6.45) is -0.0371. The molecule has 0 fully saturated rings. The molecule has 1 rings (SSSR count). The summed E-state index contributed by atoms with van der Waals surface area (Å²) in [5.41, 5.74) is 16.8. The first-order valence-electron chi connectivity index (χ1n) is 6.05. The zero-order chi connectivity index (χ0) is 15.1. The molecular weight excluding hydrogens is 260 g/mol. The van der Waals surface area contributed by atoms with Gasteiger partial charge in [-0.15, -0.1) is 0 Å². The van der Waals surface area contributed by atoms with E-state index in [-0.39, 0.29) is 19.5 Å². The van der Waals surface area contributed by atoms with E-state index >= 15 is 0 Å². The van der Waals surface area contributed by atoms with Gasteiger partial charge in [0.25, 0.3) is 0 Å². The van der Waals surface area contributed by atoms with Crippen molar-refractivity contribution in [1.82, 2.24) is 4.90 Å². The molecule has 3 amide bonds. The van der Waals surface area contributed by atoms with Gasteiger partial charge in [-0.05, 0) is 5.56 Å². The predicted molar refractivity (Wildman–Crippen MR) is 73.0 cm³/mol. The molecule has 0 radical (unpaired) electrons. The summed E-state index contributed by atoms with van der Waals surface area (Å²) >= 11 is 0. The van der Waals surface area contributed by atoms with E-state index in [4.69, 9.17) is 17.2 Å². The Hall–Kier alpha value is -2.41. The number of primary amides is 2. The minimum atomic E-state index is -0.715. The van der Waals surface area contributed by atoms with Crippen LogP contribution in [0, 0.1) is 0 Å². The van der Waals surface area contributed by atoms with Crippen LogP contribution in [-0.4, -0.2) is 35.7 Å². The topological polar surface area (TPSA) is 133 Å². The number of amides is 3. The fourth-order valence-electron chi connectivity index (χ4n) is 1.74. The van der Waals surface area contributed by atoms with E-state index in [0.717, 1.165) is 10.5 Å². The molecule has 0 aliphatic heterocycles. The highest BCUT2D eigenvalue weighted by Gasteiger charge is 2.20. The lowest BCUT2D eigenvalue weighted by atomic mass is 10.0. The zero-order valence-electron chi connectivity index (χ0n) is 11.0. The van der Waals surface area contributed by atoms with Crippen molar-refractivity contribution in [3.8, 4) is 0 Å². The first-order chi connectivity index (χ1) is 9.40. The van der Waals surface area contributed by atoms with E-state index in [0.29, 0.717) is 0 Å². The first kappa shape index (κ1) is 15.6. The molecule has 0 aromatic heterocycles. The van der Waals surface area contributed by atoms with Gasteiger partial charge in [0.15, 0.2) is 0 Å². The van der Waals surface area contributed by atoms with Gasteiger partial charge in [-0.2, -0.15) is 0 Å². The summed E-state index contributed by atoms with van der Waals surface area (Å²) < 4.78 is 0. The van der Waals surface area contributed by atoms with Gasteiger partial charge in [0.1, 0.15) is 0 Å². The summed E-state index contributed by atoms with van der Waals surface area (Å²) in [7, 11) is 0. The largest absolute Gasteiger partial charge is 0.368 e. The Morgan fingerprint density at radius 1 is 1.00 bits per heavy atom. The van der Waals surface area contributed by atoms with Crippen molar-refractivity contribution < 1.29 is 14.4 Å². The number of carbonyl (C=O) groups is 3. The van der Waals surface area contributed by atoms with Crippen LogP contribution in [0.2, 0.25) is 0 Å². The minimum Gasteiger partial charge on any atom is -0.368 e. The Morgan fingerprint density at radius 3 is 1.95 bits per heavy atom. The maximum atomic E-state index is 12.0. The molecule has 7 nitrogen and oxygen atoms in total. The Balaban J connectivity index is 2.70. The summed E-state index contributed by atoms with van der Waals surface area (Å²) in [6, 6.07) is 8.53. The monoisotopic (exact) mass is 278 g/mol. The molecule has 0 bridgehead atoms. The molecule has 7 heteroatoms. The van der Waals surface area contributed by atoms with Crippen molar-refractivity contribution in [2.75, 3.05) is 13.1 Å². The Morgan fingerprint density at radius 2 is 1.50 bits per heavy atom. The Bertz CT molecular complexity index is 474. The van der Waals surface area contributed by atoms with Gasteiger partial charge < -0.3 is 22.1 Å². The SMILES string of the molecule is NC(=O)CN(CC(N)=O)C(=O)CC(N)c1ccccc1. The number of hydrogen-bond acceptors (Lipinski definition) is 4. The summed E-state index contributed by atoms with van der Waals surface area (Å²) in [6.45, 7) is -0.716. The van der Waals surface area contributed by atoms with Crippen LogP contribution < -0.4 is 17.2 Å². The number of benzene rings is 1. The second-order valence-corrected chi connectivity index (χ2v) is 4.40. The van der Waals surface area contributed by atoms with Crippen LogP contribution in [-0.2, 0) is 14.4 Å². The molecule has 0 saturated carbocycles. The minimum absolute atomic E-state index is 0.0371. The van der Waals surface area contributed by atoms with Crippen molar-refractivity contribution in [3.05, 3.63) is 35.9 Å². The Kier molecular flexibility index (Phi) is 5.67. The molecule has 6 N–H and O–H groups in total. The summed E-state index contributed by atoms with van der Waals surface area (Å²) in [4.78, 5) is 34.8. The molecule has 1 unspecified atom stereocenters. The van der Waals surface area contributed by atoms with Gasteiger partial charge in [0.05, 0.1) is 13.1 Å². The third-order valence-electron chi connectivity index (χ3n) is 2.67. The fourth-order valence-corrected chi connectivity index (χ4v) is 1.74. The molecular formula is C13H18N4O3. The molecule has 1 atom stereocenters. The van der Waals surface area contributed by atoms with Crippen LogP contribution in [0.5, 0.6) is 0 Å².